The van der Waals surface area contributed by atoms with Gasteiger partial charge >= 0.3 is 23.9 Å². The van der Waals surface area contributed by atoms with E-state index in [9.17, 15) is 19.2 Å². The molecular formula is C61H74F2O10. The molecule has 0 aliphatic rings. The molecule has 5 rings (SSSR count). The van der Waals surface area contributed by atoms with Crippen molar-refractivity contribution >= 4 is 23.9 Å². The first kappa shape index (κ1) is 57.3. The van der Waals surface area contributed by atoms with Crippen LogP contribution in [0.15, 0.2) is 103 Å². The maximum absolute atomic E-state index is 15.3. The number of benzene rings is 5. The van der Waals surface area contributed by atoms with E-state index in [4.69, 9.17) is 28.4 Å². The summed E-state index contributed by atoms with van der Waals surface area (Å²) in [5, 5.41) is 0. The van der Waals surface area contributed by atoms with Crippen LogP contribution in [0.3, 0.4) is 0 Å². The van der Waals surface area contributed by atoms with Gasteiger partial charge in [0, 0.05) is 17.7 Å². The fourth-order valence-electron chi connectivity index (χ4n) is 8.19. The molecular weight excluding hydrogens is 931 g/mol. The highest BCUT2D eigenvalue weighted by molar-refractivity contribution is 5.94. The van der Waals surface area contributed by atoms with Crippen molar-refractivity contribution in [2.45, 2.75) is 162 Å². The van der Waals surface area contributed by atoms with E-state index < -0.39 is 46.6 Å². The van der Waals surface area contributed by atoms with E-state index in [2.05, 4.69) is 13.8 Å². The fourth-order valence-corrected chi connectivity index (χ4v) is 8.19. The van der Waals surface area contributed by atoms with Gasteiger partial charge in [0.2, 0.25) is 0 Å². The quantitative estimate of drug-likeness (QED) is 0.0223. The minimum Gasteiger partial charge on any atom is -0.494 e. The zero-order chi connectivity index (χ0) is 52.0. The van der Waals surface area contributed by atoms with Gasteiger partial charge in [0.05, 0.1) is 35.5 Å². The van der Waals surface area contributed by atoms with Crippen molar-refractivity contribution in [3.05, 3.63) is 143 Å². The highest BCUT2D eigenvalue weighted by Crippen LogP contribution is 2.31. The summed E-state index contributed by atoms with van der Waals surface area (Å²) in [5.41, 5.74) is -0.233. The van der Waals surface area contributed by atoms with E-state index in [1.54, 1.807) is 48.5 Å². The molecule has 5 aromatic rings. The molecule has 0 spiro atoms. The van der Waals surface area contributed by atoms with Gasteiger partial charge in [-0.25, -0.2) is 28.0 Å². The molecule has 0 fully saturated rings. The molecule has 0 N–H and O–H groups in total. The zero-order valence-corrected chi connectivity index (χ0v) is 43.1. The van der Waals surface area contributed by atoms with Crippen molar-refractivity contribution in [1.82, 2.24) is 0 Å². The van der Waals surface area contributed by atoms with Crippen LogP contribution in [-0.2, 0) is 0 Å². The van der Waals surface area contributed by atoms with E-state index in [-0.39, 0.29) is 39.7 Å². The standard InChI is InChI=1S/C61H74F2O10/c1-4-6-8-10-12-14-16-18-20-22-24-41-68-48-33-29-46(30-34-48)58(64)70-50-37-39-52(54(62)43-50)60(66)72-56-27-26-28-57(45(56)3)73-61(67)53-40-38-51(44-55(53)63)71-59(65)47-31-35-49(36-32-47)69-42-25-23-21-19-17-15-13-11-9-7-5-2/h26-40,43-44H,4-25,41-42H2,1-3H3. The van der Waals surface area contributed by atoms with Gasteiger partial charge in [-0.05, 0) is 105 Å². The Balaban J connectivity index is 1.02. The highest BCUT2D eigenvalue weighted by atomic mass is 19.1. The van der Waals surface area contributed by atoms with E-state index in [1.165, 1.54) is 153 Å². The third-order valence-electron chi connectivity index (χ3n) is 12.6. The van der Waals surface area contributed by atoms with Gasteiger partial charge in [-0.1, -0.05) is 148 Å². The molecule has 0 bridgehead atoms. The van der Waals surface area contributed by atoms with Gasteiger partial charge in [0.15, 0.2) is 0 Å². The lowest BCUT2D eigenvalue weighted by Crippen LogP contribution is -2.14. The predicted molar refractivity (Wildman–Crippen MR) is 281 cm³/mol. The Kier molecular flexibility index (Phi) is 25.5. The van der Waals surface area contributed by atoms with Gasteiger partial charge in [-0.15, -0.1) is 0 Å². The normalized spacial score (nSPS) is 11.0. The number of carbonyl (C=O) groups is 4. The van der Waals surface area contributed by atoms with Gasteiger partial charge in [0.25, 0.3) is 0 Å². The second-order valence-electron chi connectivity index (χ2n) is 18.5. The Bertz CT molecular complexity index is 2300. The maximum Gasteiger partial charge on any atom is 0.346 e. The van der Waals surface area contributed by atoms with Crippen LogP contribution < -0.4 is 28.4 Å². The summed E-state index contributed by atoms with van der Waals surface area (Å²) in [7, 11) is 0. The first-order chi connectivity index (χ1) is 35.6. The monoisotopic (exact) mass is 1000 g/mol. The van der Waals surface area contributed by atoms with Crippen molar-refractivity contribution < 1.29 is 56.4 Å². The summed E-state index contributed by atoms with van der Waals surface area (Å²) in [6, 6.07) is 23.8. The number of ether oxygens (including phenoxy) is 6. The smallest absolute Gasteiger partial charge is 0.346 e. The Morgan fingerprint density at radius 3 is 1.01 bits per heavy atom. The van der Waals surface area contributed by atoms with E-state index >= 15 is 8.78 Å². The van der Waals surface area contributed by atoms with Crippen LogP contribution in [0.1, 0.15) is 202 Å². The summed E-state index contributed by atoms with van der Waals surface area (Å²) in [6.45, 7) is 7.14. The molecule has 0 aliphatic heterocycles. The van der Waals surface area contributed by atoms with Crippen molar-refractivity contribution in [2.24, 2.45) is 0 Å². The minimum absolute atomic E-state index is 0.0527. The molecule has 10 nitrogen and oxygen atoms in total. The summed E-state index contributed by atoms with van der Waals surface area (Å²) >= 11 is 0. The number of hydrogen-bond donors (Lipinski definition) is 0. The molecule has 73 heavy (non-hydrogen) atoms. The summed E-state index contributed by atoms with van der Waals surface area (Å²) < 4.78 is 63.9. The Morgan fingerprint density at radius 1 is 0.370 bits per heavy atom. The summed E-state index contributed by atoms with van der Waals surface area (Å²) in [4.78, 5) is 52.0. The first-order valence-corrected chi connectivity index (χ1v) is 26.6. The molecule has 0 radical (unpaired) electrons. The number of rotatable bonds is 34. The molecule has 5 aromatic carbocycles. The molecule has 0 atom stereocenters. The average molecular weight is 1010 g/mol. The molecule has 0 saturated carbocycles. The molecule has 0 amide bonds. The van der Waals surface area contributed by atoms with E-state index in [1.807, 2.05) is 0 Å². The number of hydrogen-bond acceptors (Lipinski definition) is 10. The predicted octanol–water partition coefficient (Wildman–Crippen LogP) is 16.5. The highest BCUT2D eigenvalue weighted by Gasteiger charge is 2.22. The van der Waals surface area contributed by atoms with Crippen LogP contribution in [0.25, 0.3) is 0 Å². The molecule has 0 heterocycles. The zero-order valence-electron chi connectivity index (χ0n) is 43.1. The lowest BCUT2D eigenvalue weighted by atomic mass is 10.1. The van der Waals surface area contributed by atoms with Crippen molar-refractivity contribution in [2.75, 3.05) is 13.2 Å². The number of carbonyl (C=O) groups excluding carboxylic acids is 4. The first-order valence-electron chi connectivity index (χ1n) is 26.6. The largest absolute Gasteiger partial charge is 0.494 e. The van der Waals surface area contributed by atoms with Crippen molar-refractivity contribution in [3.8, 4) is 34.5 Å². The van der Waals surface area contributed by atoms with Crippen LogP contribution in [0.2, 0.25) is 0 Å². The van der Waals surface area contributed by atoms with Crippen molar-refractivity contribution in [3.63, 3.8) is 0 Å². The SMILES string of the molecule is CCCCCCCCCCCCCOc1ccc(C(=O)Oc2ccc(C(=O)Oc3cccc(OC(=O)c4ccc(OC(=O)c5ccc(OCCCCCCCCCCCCC)cc5)cc4F)c3C)c(F)c2)cc1. The second-order valence-corrected chi connectivity index (χ2v) is 18.5. The Morgan fingerprint density at radius 2 is 0.685 bits per heavy atom. The molecule has 12 heteroatoms. The Labute approximate surface area is 431 Å². The second kappa shape index (κ2) is 32.5. The third-order valence-corrected chi connectivity index (χ3v) is 12.6. The Hall–Kier alpha value is -6.56. The average Bonchev–Trinajstić information content (AvgIpc) is 3.38. The van der Waals surface area contributed by atoms with E-state index in [0.29, 0.717) is 24.7 Å². The number of esters is 4. The lowest BCUT2D eigenvalue weighted by Gasteiger charge is -2.13. The molecule has 392 valence electrons. The van der Waals surface area contributed by atoms with Crippen LogP contribution in [0.4, 0.5) is 8.78 Å². The molecule has 0 aliphatic carbocycles. The van der Waals surface area contributed by atoms with Gasteiger partial charge in [0.1, 0.15) is 46.1 Å². The van der Waals surface area contributed by atoms with Crippen LogP contribution in [0.5, 0.6) is 34.5 Å². The van der Waals surface area contributed by atoms with Gasteiger partial charge in [-0.2, -0.15) is 0 Å². The van der Waals surface area contributed by atoms with Gasteiger partial charge < -0.3 is 28.4 Å². The molecule has 0 saturated heterocycles. The third kappa shape index (κ3) is 20.5. The number of unbranched alkanes of at least 4 members (excludes halogenated alkanes) is 20. The van der Waals surface area contributed by atoms with E-state index in [0.717, 1.165) is 49.9 Å². The fraction of sp³-hybridized carbons (Fsp3) is 0.443. The van der Waals surface area contributed by atoms with Crippen molar-refractivity contribution in [1.29, 1.82) is 0 Å². The topological polar surface area (TPSA) is 124 Å². The molecule has 0 unspecified atom stereocenters. The summed E-state index contributed by atoms with van der Waals surface area (Å²) in [6.07, 6.45) is 27.4. The molecule has 0 aromatic heterocycles. The van der Waals surface area contributed by atoms with Crippen LogP contribution >= 0.6 is 0 Å². The maximum atomic E-state index is 15.3. The van der Waals surface area contributed by atoms with Crippen LogP contribution in [-0.4, -0.2) is 37.1 Å². The summed E-state index contributed by atoms with van der Waals surface area (Å²) in [5.74, 6) is -4.68. The lowest BCUT2D eigenvalue weighted by molar-refractivity contribution is 0.0719. The minimum atomic E-state index is -1.07. The van der Waals surface area contributed by atoms with Gasteiger partial charge in [-0.3, -0.25) is 0 Å². The van der Waals surface area contributed by atoms with Crippen LogP contribution in [0, 0.1) is 18.6 Å². The number of halogens is 2.